The summed E-state index contributed by atoms with van der Waals surface area (Å²) in [7, 11) is 0. The molecule has 22 heavy (non-hydrogen) atoms. The number of rotatable bonds is 6. The molecule has 2 rings (SSSR count). The molecule has 0 spiro atoms. The van der Waals surface area contributed by atoms with Gasteiger partial charge in [-0.3, -0.25) is 15.1 Å². The molecule has 0 saturated carbocycles. The number of nitro groups is 1. The summed E-state index contributed by atoms with van der Waals surface area (Å²) in [6.07, 6.45) is 2.31. The van der Waals surface area contributed by atoms with E-state index in [1.54, 1.807) is 12.3 Å². The van der Waals surface area contributed by atoms with Crippen LogP contribution in [0.4, 0.5) is 5.69 Å². The van der Waals surface area contributed by atoms with Crippen molar-refractivity contribution in [3.05, 3.63) is 52.3 Å². The van der Waals surface area contributed by atoms with Gasteiger partial charge in [0, 0.05) is 17.8 Å². The average molecular weight is 302 g/mol. The van der Waals surface area contributed by atoms with Crippen LogP contribution in [0, 0.1) is 10.1 Å². The summed E-state index contributed by atoms with van der Waals surface area (Å²) in [5, 5.41) is 11.0. The Balaban J connectivity index is 2.25. The third-order valence-corrected chi connectivity index (χ3v) is 2.89. The number of nitrogens with zero attached hydrogens (tertiary/aromatic N) is 2. The van der Waals surface area contributed by atoms with Crippen molar-refractivity contribution in [2.75, 3.05) is 0 Å². The van der Waals surface area contributed by atoms with Crippen molar-refractivity contribution in [2.24, 2.45) is 0 Å². The quantitative estimate of drug-likeness (QED) is 0.592. The number of hydrogen-bond acceptors (Lipinski definition) is 5. The highest BCUT2D eigenvalue weighted by molar-refractivity contribution is 5.51. The number of aromatic nitrogens is 1. The molecule has 0 saturated heterocycles. The molecule has 0 atom stereocenters. The van der Waals surface area contributed by atoms with Crippen molar-refractivity contribution in [1.82, 2.24) is 4.98 Å². The van der Waals surface area contributed by atoms with E-state index in [4.69, 9.17) is 9.47 Å². The number of benzene rings is 1. The molecule has 0 fully saturated rings. The van der Waals surface area contributed by atoms with Crippen LogP contribution < -0.4 is 9.47 Å². The van der Waals surface area contributed by atoms with Crippen molar-refractivity contribution in [3.63, 3.8) is 0 Å². The number of pyridine rings is 1. The minimum atomic E-state index is -0.473. The van der Waals surface area contributed by atoms with E-state index in [0.29, 0.717) is 11.5 Å². The van der Waals surface area contributed by atoms with Crippen molar-refractivity contribution >= 4 is 5.69 Å². The van der Waals surface area contributed by atoms with Gasteiger partial charge in [0.25, 0.3) is 0 Å². The van der Waals surface area contributed by atoms with Gasteiger partial charge in [0.05, 0.1) is 17.2 Å². The first kappa shape index (κ1) is 15.8. The lowest BCUT2D eigenvalue weighted by molar-refractivity contribution is -0.386. The van der Waals surface area contributed by atoms with Gasteiger partial charge in [-0.25, -0.2) is 0 Å². The lowest BCUT2D eigenvalue weighted by Crippen LogP contribution is -2.07. The summed E-state index contributed by atoms with van der Waals surface area (Å²) in [6.45, 7) is 5.64. The molecule has 1 heterocycles. The minimum absolute atomic E-state index is 0.0829. The Bertz CT molecular complexity index is 654. The van der Waals surface area contributed by atoms with Gasteiger partial charge in [-0.2, -0.15) is 0 Å². The maximum Gasteiger partial charge on any atom is 0.311 e. The third-order valence-electron chi connectivity index (χ3n) is 2.89. The molecule has 0 N–H and O–H groups in total. The van der Waals surface area contributed by atoms with Gasteiger partial charge < -0.3 is 9.47 Å². The standard InChI is InChI=1S/C16H18N2O4/c1-4-12-5-6-14(10-17-12)22-13-7-8-15(18(19)20)16(9-13)21-11(2)3/h5-11H,4H2,1-3H3. The predicted octanol–water partition coefficient (Wildman–Crippen LogP) is 4.13. The van der Waals surface area contributed by atoms with Gasteiger partial charge in [-0.05, 0) is 38.5 Å². The monoisotopic (exact) mass is 302 g/mol. The first-order valence-electron chi connectivity index (χ1n) is 7.07. The van der Waals surface area contributed by atoms with Crippen LogP contribution in [0.15, 0.2) is 36.5 Å². The maximum absolute atomic E-state index is 11.0. The normalized spacial score (nSPS) is 10.5. The van der Waals surface area contributed by atoms with Crippen LogP contribution in [-0.4, -0.2) is 16.0 Å². The molecule has 0 aliphatic carbocycles. The zero-order valence-corrected chi connectivity index (χ0v) is 12.8. The van der Waals surface area contributed by atoms with E-state index in [1.807, 2.05) is 32.9 Å². The van der Waals surface area contributed by atoms with Crippen molar-refractivity contribution in [2.45, 2.75) is 33.3 Å². The molecule has 1 aromatic carbocycles. The fourth-order valence-electron chi connectivity index (χ4n) is 1.87. The fraction of sp³-hybridized carbons (Fsp3) is 0.312. The van der Waals surface area contributed by atoms with Crippen LogP contribution in [0.25, 0.3) is 0 Å². The van der Waals surface area contributed by atoms with Gasteiger partial charge in [-0.1, -0.05) is 6.92 Å². The van der Waals surface area contributed by atoms with E-state index in [1.165, 1.54) is 12.1 Å². The maximum atomic E-state index is 11.0. The number of aryl methyl sites for hydroxylation is 1. The van der Waals surface area contributed by atoms with Gasteiger partial charge in [-0.15, -0.1) is 0 Å². The Morgan fingerprint density at radius 3 is 2.50 bits per heavy atom. The van der Waals surface area contributed by atoms with E-state index < -0.39 is 4.92 Å². The van der Waals surface area contributed by atoms with Crippen LogP contribution in [0.1, 0.15) is 26.5 Å². The van der Waals surface area contributed by atoms with E-state index in [-0.39, 0.29) is 17.5 Å². The number of hydrogen-bond donors (Lipinski definition) is 0. The van der Waals surface area contributed by atoms with Crippen LogP contribution in [0.5, 0.6) is 17.2 Å². The molecule has 0 aliphatic rings. The minimum Gasteiger partial charge on any atom is -0.484 e. The summed E-state index contributed by atoms with van der Waals surface area (Å²) >= 11 is 0. The largest absolute Gasteiger partial charge is 0.484 e. The molecule has 0 amide bonds. The summed E-state index contributed by atoms with van der Waals surface area (Å²) < 4.78 is 11.2. The highest BCUT2D eigenvalue weighted by Crippen LogP contribution is 2.33. The highest BCUT2D eigenvalue weighted by atomic mass is 16.6. The lowest BCUT2D eigenvalue weighted by atomic mass is 10.2. The van der Waals surface area contributed by atoms with E-state index in [0.717, 1.165) is 12.1 Å². The summed E-state index contributed by atoms with van der Waals surface area (Å²) in [5.74, 6) is 1.23. The Labute approximate surface area is 128 Å². The number of nitro benzene ring substituents is 1. The zero-order valence-electron chi connectivity index (χ0n) is 12.8. The first-order valence-corrected chi connectivity index (χ1v) is 7.07. The predicted molar refractivity (Wildman–Crippen MR) is 82.5 cm³/mol. The number of ether oxygens (including phenoxy) is 2. The zero-order chi connectivity index (χ0) is 16.1. The van der Waals surface area contributed by atoms with Gasteiger partial charge >= 0.3 is 5.69 Å². The second kappa shape index (κ2) is 6.89. The van der Waals surface area contributed by atoms with Crippen molar-refractivity contribution in [3.8, 4) is 17.2 Å². The molecule has 0 bridgehead atoms. The molecule has 116 valence electrons. The lowest BCUT2D eigenvalue weighted by Gasteiger charge is -2.12. The van der Waals surface area contributed by atoms with Crippen molar-refractivity contribution in [1.29, 1.82) is 0 Å². The molecule has 2 aromatic rings. The van der Waals surface area contributed by atoms with Crippen LogP contribution in [0.2, 0.25) is 0 Å². The van der Waals surface area contributed by atoms with Gasteiger partial charge in [0.1, 0.15) is 11.5 Å². The van der Waals surface area contributed by atoms with Crippen LogP contribution in [-0.2, 0) is 6.42 Å². The molecule has 0 aliphatic heterocycles. The van der Waals surface area contributed by atoms with Gasteiger partial charge in [0.2, 0.25) is 5.75 Å². The van der Waals surface area contributed by atoms with E-state index in [9.17, 15) is 10.1 Å². The highest BCUT2D eigenvalue weighted by Gasteiger charge is 2.17. The molecule has 6 nitrogen and oxygen atoms in total. The molecular formula is C16H18N2O4. The first-order chi connectivity index (χ1) is 10.5. The molecule has 1 aromatic heterocycles. The molecule has 0 radical (unpaired) electrons. The molecule has 6 heteroatoms. The van der Waals surface area contributed by atoms with Crippen LogP contribution >= 0.6 is 0 Å². The summed E-state index contributed by atoms with van der Waals surface area (Å²) in [4.78, 5) is 14.8. The van der Waals surface area contributed by atoms with E-state index >= 15 is 0 Å². The second-order valence-electron chi connectivity index (χ2n) is 4.99. The Hall–Kier alpha value is -2.63. The Kier molecular flexibility index (Phi) is 4.93. The summed E-state index contributed by atoms with van der Waals surface area (Å²) in [6, 6.07) is 8.13. The smallest absolute Gasteiger partial charge is 0.311 e. The average Bonchev–Trinajstić information content (AvgIpc) is 2.47. The van der Waals surface area contributed by atoms with Crippen molar-refractivity contribution < 1.29 is 14.4 Å². The van der Waals surface area contributed by atoms with Crippen LogP contribution in [0.3, 0.4) is 0 Å². The third kappa shape index (κ3) is 3.94. The topological polar surface area (TPSA) is 74.5 Å². The Morgan fingerprint density at radius 2 is 1.95 bits per heavy atom. The van der Waals surface area contributed by atoms with E-state index in [2.05, 4.69) is 4.98 Å². The molecular weight excluding hydrogens is 284 g/mol. The van der Waals surface area contributed by atoms with Gasteiger partial charge in [0.15, 0.2) is 0 Å². The molecule has 0 unspecified atom stereocenters. The summed E-state index contributed by atoms with van der Waals surface area (Å²) in [5.41, 5.74) is 0.889. The Morgan fingerprint density at radius 1 is 1.23 bits per heavy atom. The SMILES string of the molecule is CCc1ccc(Oc2ccc([N+](=O)[O-])c(OC(C)C)c2)cn1. The second-order valence-corrected chi connectivity index (χ2v) is 4.99. The fourth-order valence-corrected chi connectivity index (χ4v) is 1.87.